The molecule has 0 unspecified atom stereocenters. The highest BCUT2D eigenvalue weighted by molar-refractivity contribution is 6.08. The number of benzene rings is 3. The topological polar surface area (TPSA) is 110 Å². The Morgan fingerprint density at radius 1 is 0.971 bits per heavy atom. The van der Waals surface area contributed by atoms with E-state index in [4.69, 9.17) is 10.5 Å². The summed E-state index contributed by atoms with van der Waals surface area (Å²) in [5.74, 6) is -0.770. The van der Waals surface area contributed by atoms with Gasteiger partial charge in [0.15, 0.2) is 5.69 Å². The Labute approximate surface area is 200 Å². The molecule has 4 rings (SSSR count). The number of carbonyl (C=O) groups is 1. The van der Waals surface area contributed by atoms with Gasteiger partial charge in [-0.3, -0.25) is 19.1 Å². The smallest absolute Gasteiger partial charge is 0.330 e. The number of nitrogens with one attached hydrogen (secondary N) is 1. The highest BCUT2D eigenvalue weighted by Gasteiger charge is 2.24. The molecule has 0 spiro atoms. The summed E-state index contributed by atoms with van der Waals surface area (Å²) in [7, 11) is 1.40. The minimum absolute atomic E-state index is 0.110. The zero-order valence-corrected chi connectivity index (χ0v) is 18.9. The maximum Gasteiger partial charge on any atom is 0.330 e. The zero-order chi connectivity index (χ0) is 24.9. The highest BCUT2D eigenvalue weighted by atomic mass is 19.1. The van der Waals surface area contributed by atoms with Crippen molar-refractivity contribution in [1.29, 1.82) is 0 Å². The normalized spacial score (nSPS) is 10.7. The molecular formula is C26H23FN4O4. The second-order valence-corrected chi connectivity index (χ2v) is 7.84. The van der Waals surface area contributed by atoms with Crippen molar-refractivity contribution in [2.45, 2.75) is 13.2 Å². The number of hydrogen-bond acceptors (Lipinski definition) is 5. The lowest BCUT2D eigenvalue weighted by molar-refractivity contribution is 0.0988. The number of amides is 1. The predicted octanol–water partition coefficient (Wildman–Crippen LogP) is 3.16. The SMILES string of the molecule is CN(C(=O)c1ccccc1OCc1ccc(F)cc1)c1c(N)n(Cc2ccccc2)c(=O)[nH]c1=O. The number of nitrogens with zero attached hydrogens (tertiary/aromatic N) is 2. The van der Waals surface area contributed by atoms with E-state index in [1.807, 2.05) is 30.3 Å². The van der Waals surface area contributed by atoms with E-state index in [1.165, 1.54) is 23.7 Å². The summed E-state index contributed by atoms with van der Waals surface area (Å²) < 4.78 is 20.2. The molecule has 1 heterocycles. The first-order chi connectivity index (χ1) is 16.8. The van der Waals surface area contributed by atoms with Crippen LogP contribution in [-0.4, -0.2) is 22.5 Å². The van der Waals surface area contributed by atoms with Gasteiger partial charge >= 0.3 is 5.69 Å². The number of nitrogens with two attached hydrogens (primary N) is 1. The fourth-order valence-electron chi connectivity index (χ4n) is 3.62. The van der Waals surface area contributed by atoms with Crippen LogP contribution in [0.4, 0.5) is 15.9 Å². The van der Waals surface area contributed by atoms with Crippen LogP contribution in [-0.2, 0) is 13.2 Å². The number of aromatic amines is 1. The van der Waals surface area contributed by atoms with Gasteiger partial charge in [0.1, 0.15) is 24.0 Å². The molecule has 1 aromatic heterocycles. The number of nitrogen functional groups attached to an aromatic ring is 1. The van der Waals surface area contributed by atoms with E-state index in [9.17, 15) is 18.8 Å². The molecule has 0 radical (unpaired) electrons. The van der Waals surface area contributed by atoms with Gasteiger partial charge in [0.25, 0.3) is 11.5 Å². The first kappa shape index (κ1) is 23.5. The molecule has 0 aliphatic carbocycles. The van der Waals surface area contributed by atoms with E-state index in [2.05, 4.69) is 4.98 Å². The molecule has 0 bridgehead atoms. The van der Waals surface area contributed by atoms with Gasteiger partial charge in [-0.1, -0.05) is 54.6 Å². The summed E-state index contributed by atoms with van der Waals surface area (Å²) in [6.45, 7) is 0.230. The van der Waals surface area contributed by atoms with Gasteiger partial charge in [0, 0.05) is 7.05 Å². The first-order valence-corrected chi connectivity index (χ1v) is 10.8. The number of anilines is 2. The van der Waals surface area contributed by atoms with Crippen LogP contribution in [0.5, 0.6) is 5.75 Å². The number of aromatic nitrogens is 2. The Balaban J connectivity index is 1.64. The molecule has 9 heteroatoms. The molecule has 3 N–H and O–H groups in total. The van der Waals surface area contributed by atoms with Crippen molar-refractivity contribution in [2.24, 2.45) is 0 Å². The first-order valence-electron chi connectivity index (χ1n) is 10.8. The lowest BCUT2D eigenvalue weighted by Crippen LogP contribution is -2.39. The minimum atomic E-state index is -0.780. The van der Waals surface area contributed by atoms with Crippen LogP contribution >= 0.6 is 0 Å². The van der Waals surface area contributed by atoms with Gasteiger partial charge in [-0.25, -0.2) is 9.18 Å². The summed E-state index contributed by atoms with van der Waals surface area (Å²) in [5.41, 5.74) is 6.32. The van der Waals surface area contributed by atoms with Crippen molar-refractivity contribution >= 4 is 17.4 Å². The Kier molecular flexibility index (Phi) is 6.77. The van der Waals surface area contributed by atoms with Crippen molar-refractivity contribution < 1.29 is 13.9 Å². The average Bonchev–Trinajstić information content (AvgIpc) is 2.86. The van der Waals surface area contributed by atoms with Crippen molar-refractivity contribution in [1.82, 2.24) is 9.55 Å². The van der Waals surface area contributed by atoms with Crippen LogP contribution in [0.2, 0.25) is 0 Å². The molecule has 35 heavy (non-hydrogen) atoms. The van der Waals surface area contributed by atoms with Crippen LogP contribution < -0.4 is 26.6 Å². The number of para-hydroxylation sites is 1. The van der Waals surface area contributed by atoms with Gasteiger partial charge in [0.05, 0.1) is 12.1 Å². The third-order valence-electron chi connectivity index (χ3n) is 5.46. The van der Waals surface area contributed by atoms with Crippen LogP contribution in [0.15, 0.2) is 88.5 Å². The average molecular weight is 474 g/mol. The third-order valence-corrected chi connectivity index (χ3v) is 5.46. The summed E-state index contributed by atoms with van der Waals surface area (Å²) in [6, 6.07) is 21.5. The van der Waals surface area contributed by atoms with Gasteiger partial charge in [-0.05, 0) is 35.4 Å². The molecule has 0 aliphatic rings. The summed E-state index contributed by atoms with van der Waals surface area (Å²) in [5, 5.41) is 0. The van der Waals surface area contributed by atoms with Crippen molar-refractivity contribution in [3.05, 3.63) is 122 Å². The highest BCUT2D eigenvalue weighted by Crippen LogP contribution is 2.24. The summed E-state index contributed by atoms with van der Waals surface area (Å²) in [4.78, 5) is 41.8. The molecular weight excluding hydrogens is 451 g/mol. The van der Waals surface area contributed by atoms with Crippen molar-refractivity contribution in [2.75, 3.05) is 17.7 Å². The zero-order valence-electron chi connectivity index (χ0n) is 18.9. The molecule has 0 fully saturated rings. The van der Waals surface area contributed by atoms with Crippen molar-refractivity contribution in [3.63, 3.8) is 0 Å². The molecule has 3 aromatic carbocycles. The Bertz CT molecular complexity index is 1460. The molecule has 0 saturated carbocycles. The summed E-state index contributed by atoms with van der Waals surface area (Å²) >= 11 is 0. The van der Waals surface area contributed by atoms with E-state index >= 15 is 0 Å². The minimum Gasteiger partial charge on any atom is -0.488 e. The number of ether oxygens (including phenoxy) is 1. The van der Waals surface area contributed by atoms with E-state index in [0.29, 0.717) is 0 Å². The Morgan fingerprint density at radius 2 is 1.63 bits per heavy atom. The van der Waals surface area contributed by atoms with Gasteiger partial charge in [-0.15, -0.1) is 0 Å². The van der Waals surface area contributed by atoms with Gasteiger partial charge in [-0.2, -0.15) is 0 Å². The van der Waals surface area contributed by atoms with Gasteiger partial charge < -0.3 is 15.4 Å². The number of carbonyl (C=O) groups excluding carboxylic acids is 1. The van der Waals surface area contributed by atoms with Crippen LogP contribution in [0, 0.1) is 5.82 Å². The Hall–Kier alpha value is -4.66. The fraction of sp³-hybridized carbons (Fsp3) is 0.115. The monoisotopic (exact) mass is 474 g/mol. The molecule has 0 saturated heterocycles. The van der Waals surface area contributed by atoms with Crippen LogP contribution in [0.3, 0.4) is 0 Å². The molecule has 4 aromatic rings. The number of rotatable bonds is 7. The largest absolute Gasteiger partial charge is 0.488 e. The van der Waals surface area contributed by atoms with E-state index in [-0.39, 0.29) is 41.8 Å². The molecule has 0 atom stereocenters. The maximum absolute atomic E-state index is 13.4. The molecule has 0 aliphatic heterocycles. The molecule has 8 nitrogen and oxygen atoms in total. The maximum atomic E-state index is 13.4. The number of H-pyrrole nitrogens is 1. The van der Waals surface area contributed by atoms with E-state index in [0.717, 1.165) is 16.0 Å². The second-order valence-electron chi connectivity index (χ2n) is 7.84. The lowest BCUT2D eigenvalue weighted by atomic mass is 10.1. The lowest BCUT2D eigenvalue weighted by Gasteiger charge is -2.21. The van der Waals surface area contributed by atoms with Crippen LogP contribution in [0.25, 0.3) is 0 Å². The number of hydrogen-bond donors (Lipinski definition) is 2. The Morgan fingerprint density at radius 3 is 2.34 bits per heavy atom. The van der Waals surface area contributed by atoms with Crippen LogP contribution in [0.1, 0.15) is 21.5 Å². The van der Waals surface area contributed by atoms with Crippen molar-refractivity contribution in [3.8, 4) is 5.75 Å². The predicted molar refractivity (Wildman–Crippen MR) is 131 cm³/mol. The standard InChI is InChI=1S/C26H23FN4O4/c1-30(22-23(28)31(26(34)29-24(22)32)15-17-7-3-2-4-8-17)25(33)20-9-5-6-10-21(20)35-16-18-11-13-19(27)14-12-18/h2-14H,15-16,28H2,1H3,(H,29,32,34). The molecule has 178 valence electrons. The van der Waals surface area contributed by atoms with Gasteiger partial charge in [0.2, 0.25) is 0 Å². The fourth-order valence-corrected chi connectivity index (χ4v) is 3.62. The summed E-state index contributed by atoms with van der Waals surface area (Å²) in [6.07, 6.45) is 0. The second kappa shape index (κ2) is 10.1. The quantitative estimate of drug-likeness (QED) is 0.428. The molecule has 1 amide bonds. The van der Waals surface area contributed by atoms with E-state index < -0.39 is 17.2 Å². The van der Waals surface area contributed by atoms with E-state index in [1.54, 1.807) is 36.4 Å². The number of halogens is 1. The third kappa shape index (κ3) is 5.14.